The van der Waals surface area contributed by atoms with E-state index in [0.717, 1.165) is 18.6 Å². The van der Waals surface area contributed by atoms with Gasteiger partial charge in [0.05, 0.1) is 16.3 Å². The summed E-state index contributed by atoms with van der Waals surface area (Å²) in [5.41, 5.74) is 4.69. The predicted octanol–water partition coefficient (Wildman–Crippen LogP) is 3.35. The number of para-hydroxylation sites is 1. The van der Waals surface area contributed by atoms with Gasteiger partial charge < -0.3 is 0 Å². The van der Waals surface area contributed by atoms with E-state index in [0.29, 0.717) is 6.04 Å². The summed E-state index contributed by atoms with van der Waals surface area (Å²) in [7, 11) is 0. The second-order valence-corrected chi connectivity index (χ2v) is 5.98. The summed E-state index contributed by atoms with van der Waals surface area (Å²) in [5.74, 6) is 0. The van der Waals surface area contributed by atoms with Crippen LogP contribution in [0.25, 0.3) is 10.2 Å². The number of hydrogen-bond acceptors (Lipinski definition) is 4. The van der Waals surface area contributed by atoms with Crippen LogP contribution < -0.4 is 5.43 Å². The van der Waals surface area contributed by atoms with Crippen LogP contribution in [0, 0.1) is 0 Å². The molecule has 1 aliphatic heterocycles. The summed E-state index contributed by atoms with van der Waals surface area (Å²) in [6, 6.07) is 8.66. The molecule has 1 saturated heterocycles. The van der Waals surface area contributed by atoms with Gasteiger partial charge in [0.1, 0.15) is 5.01 Å². The number of benzene rings is 1. The zero-order valence-electron chi connectivity index (χ0n) is 10.7. The maximum Gasteiger partial charge on any atom is 0.112 e. The number of rotatable bonds is 3. The normalized spacial score (nSPS) is 19.2. The maximum atomic E-state index is 4.71. The highest BCUT2D eigenvalue weighted by Crippen LogP contribution is 2.26. The predicted molar refractivity (Wildman–Crippen MR) is 76.6 cm³/mol. The summed E-state index contributed by atoms with van der Waals surface area (Å²) in [6.45, 7) is 4.52. The first-order valence-electron chi connectivity index (χ1n) is 6.69. The van der Waals surface area contributed by atoms with Crippen LogP contribution in [0.15, 0.2) is 24.3 Å². The molecule has 0 aliphatic carbocycles. The lowest BCUT2D eigenvalue weighted by molar-refractivity contribution is 0.133. The molecule has 1 N–H and O–H groups in total. The van der Waals surface area contributed by atoms with Crippen molar-refractivity contribution >= 4 is 21.6 Å². The molecule has 3 nitrogen and oxygen atoms in total. The van der Waals surface area contributed by atoms with Gasteiger partial charge in [-0.05, 0) is 31.9 Å². The summed E-state index contributed by atoms with van der Waals surface area (Å²) >= 11 is 1.79. The van der Waals surface area contributed by atoms with E-state index in [1.807, 2.05) is 0 Å². The van der Waals surface area contributed by atoms with Crippen LogP contribution in [0.3, 0.4) is 0 Å². The molecular formula is C14H19N3S. The molecule has 4 heteroatoms. The van der Waals surface area contributed by atoms with Crippen LogP contribution in [0.5, 0.6) is 0 Å². The monoisotopic (exact) mass is 261 g/mol. The zero-order valence-corrected chi connectivity index (χ0v) is 11.5. The third kappa shape index (κ3) is 2.55. The lowest BCUT2D eigenvalue weighted by atomic mass is 10.2. The van der Waals surface area contributed by atoms with Crippen LogP contribution >= 0.6 is 11.3 Å². The van der Waals surface area contributed by atoms with E-state index >= 15 is 0 Å². The maximum absolute atomic E-state index is 4.71. The number of fused-ring (bicyclic) bond motifs is 1. The molecule has 0 bridgehead atoms. The van der Waals surface area contributed by atoms with Gasteiger partial charge in [-0.25, -0.2) is 15.4 Å². The van der Waals surface area contributed by atoms with Crippen molar-refractivity contribution in [1.29, 1.82) is 0 Å². The van der Waals surface area contributed by atoms with E-state index in [9.17, 15) is 0 Å². The van der Waals surface area contributed by atoms with Gasteiger partial charge in [0, 0.05) is 13.1 Å². The fourth-order valence-electron chi connectivity index (χ4n) is 2.43. The summed E-state index contributed by atoms with van der Waals surface area (Å²) in [6.07, 6.45) is 3.98. The first kappa shape index (κ1) is 12.1. The largest absolute Gasteiger partial charge is 0.246 e. The van der Waals surface area contributed by atoms with E-state index in [-0.39, 0.29) is 0 Å². The SMILES string of the molecule is CC(NN1CCCCC1)c1nc2ccccc2s1. The average molecular weight is 261 g/mol. The molecule has 3 rings (SSSR count). The number of aromatic nitrogens is 1. The smallest absolute Gasteiger partial charge is 0.112 e. The van der Waals surface area contributed by atoms with E-state index in [4.69, 9.17) is 4.98 Å². The van der Waals surface area contributed by atoms with Crippen molar-refractivity contribution in [2.75, 3.05) is 13.1 Å². The summed E-state index contributed by atoms with van der Waals surface area (Å²) < 4.78 is 1.28. The second-order valence-electron chi connectivity index (χ2n) is 4.92. The van der Waals surface area contributed by atoms with Crippen molar-refractivity contribution in [1.82, 2.24) is 15.4 Å². The minimum absolute atomic E-state index is 0.306. The van der Waals surface area contributed by atoms with E-state index < -0.39 is 0 Å². The van der Waals surface area contributed by atoms with Crippen molar-refractivity contribution in [3.8, 4) is 0 Å². The second kappa shape index (κ2) is 5.34. The Morgan fingerprint density at radius 1 is 1.22 bits per heavy atom. The number of hydrazine groups is 1. The number of piperidine rings is 1. The molecule has 1 fully saturated rings. The molecule has 1 atom stereocenters. The molecule has 0 radical (unpaired) electrons. The topological polar surface area (TPSA) is 28.2 Å². The van der Waals surface area contributed by atoms with Crippen molar-refractivity contribution < 1.29 is 0 Å². The lowest BCUT2D eigenvalue weighted by Crippen LogP contribution is -2.42. The molecule has 1 aromatic carbocycles. The van der Waals surface area contributed by atoms with Gasteiger partial charge in [0.25, 0.3) is 0 Å². The molecule has 18 heavy (non-hydrogen) atoms. The molecule has 1 unspecified atom stereocenters. The van der Waals surface area contributed by atoms with Crippen molar-refractivity contribution in [2.24, 2.45) is 0 Å². The molecule has 0 amide bonds. The number of thiazole rings is 1. The Kier molecular flexibility index (Phi) is 3.59. The number of nitrogens with zero attached hydrogens (tertiary/aromatic N) is 2. The van der Waals surface area contributed by atoms with Gasteiger partial charge in [-0.2, -0.15) is 0 Å². The molecule has 2 heterocycles. The van der Waals surface area contributed by atoms with Crippen LogP contribution in [-0.2, 0) is 0 Å². The lowest BCUT2D eigenvalue weighted by Gasteiger charge is -2.29. The molecule has 0 spiro atoms. The Morgan fingerprint density at radius 2 is 2.00 bits per heavy atom. The number of hydrogen-bond donors (Lipinski definition) is 1. The average Bonchev–Trinajstić information content (AvgIpc) is 2.84. The Balaban J connectivity index is 1.72. The Hall–Kier alpha value is -0.970. The minimum atomic E-state index is 0.306. The van der Waals surface area contributed by atoms with E-state index in [1.54, 1.807) is 11.3 Å². The highest BCUT2D eigenvalue weighted by molar-refractivity contribution is 7.18. The standard InChI is InChI=1S/C14H19N3S/c1-11(16-17-9-5-2-6-10-17)14-15-12-7-3-4-8-13(12)18-14/h3-4,7-8,11,16H,2,5-6,9-10H2,1H3. The van der Waals surface area contributed by atoms with Crippen molar-refractivity contribution in [3.63, 3.8) is 0 Å². The van der Waals surface area contributed by atoms with E-state index in [2.05, 4.69) is 41.6 Å². The third-order valence-corrected chi connectivity index (χ3v) is 4.63. The molecular weight excluding hydrogens is 242 g/mol. The van der Waals surface area contributed by atoms with E-state index in [1.165, 1.54) is 29.0 Å². The highest BCUT2D eigenvalue weighted by Gasteiger charge is 2.16. The number of nitrogens with one attached hydrogen (secondary N) is 1. The first-order valence-corrected chi connectivity index (χ1v) is 7.51. The van der Waals surface area contributed by atoms with Gasteiger partial charge in [-0.3, -0.25) is 0 Å². The quantitative estimate of drug-likeness (QED) is 0.918. The van der Waals surface area contributed by atoms with Crippen LogP contribution in [0.1, 0.15) is 37.2 Å². The van der Waals surface area contributed by atoms with Crippen LogP contribution in [0.2, 0.25) is 0 Å². The van der Waals surface area contributed by atoms with Gasteiger partial charge in [-0.15, -0.1) is 11.3 Å². The zero-order chi connectivity index (χ0) is 12.4. The van der Waals surface area contributed by atoms with Gasteiger partial charge in [0.15, 0.2) is 0 Å². The summed E-state index contributed by atoms with van der Waals surface area (Å²) in [5, 5.41) is 3.53. The molecule has 1 aliphatic rings. The Morgan fingerprint density at radius 3 is 2.78 bits per heavy atom. The molecule has 96 valence electrons. The van der Waals surface area contributed by atoms with Gasteiger partial charge in [0.2, 0.25) is 0 Å². The first-order chi connectivity index (χ1) is 8.83. The van der Waals surface area contributed by atoms with Crippen LogP contribution in [-0.4, -0.2) is 23.1 Å². The van der Waals surface area contributed by atoms with Crippen molar-refractivity contribution in [2.45, 2.75) is 32.2 Å². The van der Waals surface area contributed by atoms with Crippen molar-refractivity contribution in [3.05, 3.63) is 29.3 Å². The van der Waals surface area contributed by atoms with Gasteiger partial charge >= 0.3 is 0 Å². The minimum Gasteiger partial charge on any atom is -0.246 e. The Labute approximate surface area is 112 Å². The van der Waals surface area contributed by atoms with Crippen LogP contribution in [0.4, 0.5) is 0 Å². The summed E-state index contributed by atoms with van der Waals surface area (Å²) in [4.78, 5) is 4.71. The molecule has 2 aromatic rings. The molecule has 1 aromatic heterocycles. The highest BCUT2D eigenvalue weighted by atomic mass is 32.1. The third-order valence-electron chi connectivity index (χ3n) is 3.41. The molecule has 0 saturated carbocycles. The fraction of sp³-hybridized carbons (Fsp3) is 0.500. The Bertz CT molecular complexity index is 483. The van der Waals surface area contributed by atoms with Gasteiger partial charge in [-0.1, -0.05) is 18.6 Å². The fourth-order valence-corrected chi connectivity index (χ4v) is 3.39.